The Hall–Kier alpha value is -0.350. The van der Waals surface area contributed by atoms with Crippen LogP contribution in [0.15, 0.2) is 27.6 Å². The molecule has 1 fully saturated rings. The van der Waals surface area contributed by atoms with Crippen LogP contribution in [-0.2, 0) is 9.84 Å². The van der Waals surface area contributed by atoms with Gasteiger partial charge in [-0.2, -0.15) is 0 Å². The van der Waals surface area contributed by atoms with E-state index in [-0.39, 0.29) is 5.25 Å². The van der Waals surface area contributed by atoms with Crippen molar-refractivity contribution in [2.75, 3.05) is 0 Å². The van der Waals surface area contributed by atoms with Gasteiger partial charge in [0, 0.05) is 4.47 Å². The van der Waals surface area contributed by atoms with Crippen LogP contribution in [0.2, 0.25) is 0 Å². The standard InChI is InChI=1S/C10H11BrO2S/c1-7-2-5-9(11)10(6-7)14(12,13)8-3-4-8/h2,5-6,8H,3-4H2,1H3. The molecule has 0 spiro atoms. The van der Waals surface area contributed by atoms with Gasteiger partial charge in [0.05, 0.1) is 10.1 Å². The lowest BCUT2D eigenvalue weighted by Crippen LogP contribution is -2.08. The molecular weight excluding hydrogens is 264 g/mol. The zero-order chi connectivity index (χ0) is 10.3. The van der Waals surface area contributed by atoms with Crippen molar-refractivity contribution in [2.24, 2.45) is 0 Å². The van der Waals surface area contributed by atoms with E-state index >= 15 is 0 Å². The van der Waals surface area contributed by atoms with Crippen molar-refractivity contribution in [1.82, 2.24) is 0 Å². The second-order valence-corrected chi connectivity index (χ2v) is 6.73. The van der Waals surface area contributed by atoms with Crippen molar-refractivity contribution in [3.8, 4) is 0 Å². The topological polar surface area (TPSA) is 34.1 Å². The van der Waals surface area contributed by atoms with Crippen LogP contribution in [-0.4, -0.2) is 13.7 Å². The van der Waals surface area contributed by atoms with Gasteiger partial charge in [-0.15, -0.1) is 0 Å². The molecule has 4 heteroatoms. The second kappa shape index (κ2) is 3.35. The molecule has 2 rings (SSSR count). The molecule has 0 N–H and O–H groups in total. The molecule has 1 aromatic rings. The quantitative estimate of drug-likeness (QED) is 0.831. The number of rotatable bonds is 2. The van der Waals surface area contributed by atoms with Crippen molar-refractivity contribution in [2.45, 2.75) is 29.9 Å². The van der Waals surface area contributed by atoms with Crippen LogP contribution in [0.4, 0.5) is 0 Å². The Morgan fingerprint density at radius 2 is 2.00 bits per heavy atom. The summed E-state index contributed by atoms with van der Waals surface area (Å²) in [6, 6.07) is 5.43. The van der Waals surface area contributed by atoms with E-state index in [9.17, 15) is 8.42 Å². The average Bonchev–Trinajstić information content (AvgIpc) is 2.91. The molecular formula is C10H11BrO2S. The molecule has 0 bridgehead atoms. The van der Waals surface area contributed by atoms with Gasteiger partial charge in [-0.05, 0) is 53.4 Å². The van der Waals surface area contributed by atoms with Crippen LogP contribution in [0.5, 0.6) is 0 Å². The zero-order valence-electron chi connectivity index (χ0n) is 7.83. The first-order valence-corrected chi connectivity index (χ1v) is 6.86. The maximum atomic E-state index is 11.9. The number of hydrogen-bond acceptors (Lipinski definition) is 2. The lowest BCUT2D eigenvalue weighted by molar-refractivity contribution is 0.594. The highest BCUT2D eigenvalue weighted by Gasteiger charge is 2.37. The number of aryl methyl sites for hydroxylation is 1. The Balaban J connectivity index is 2.55. The van der Waals surface area contributed by atoms with Crippen molar-refractivity contribution >= 4 is 25.8 Å². The first-order chi connectivity index (χ1) is 6.51. The Morgan fingerprint density at radius 3 is 2.57 bits per heavy atom. The molecule has 0 heterocycles. The molecule has 0 aliphatic heterocycles. The summed E-state index contributed by atoms with van der Waals surface area (Å²) in [4.78, 5) is 0.444. The lowest BCUT2D eigenvalue weighted by Gasteiger charge is -2.05. The van der Waals surface area contributed by atoms with Crippen LogP contribution in [0.3, 0.4) is 0 Å². The molecule has 0 radical (unpaired) electrons. The summed E-state index contributed by atoms with van der Waals surface area (Å²) < 4.78 is 24.6. The van der Waals surface area contributed by atoms with Gasteiger partial charge in [-0.3, -0.25) is 0 Å². The van der Waals surface area contributed by atoms with Gasteiger partial charge >= 0.3 is 0 Å². The van der Waals surface area contributed by atoms with E-state index in [0.29, 0.717) is 9.37 Å². The van der Waals surface area contributed by atoms with Gasteiger partial charge in [-0.25, -0.2) is 8.42 Å². The fraction of sp³-hybridized carbons (Fsp3) is 0.400. The Morgan fingerprint density at radius 1 is 1.36 bits per heavy atom. The van der Waals surface area contributed by atoms with Gasteiger partial charge in [0.15, 0.2) is 9.84 Å². The molecule has 0 amide bonds. The zero-order valence-corrected chi connectivity index (χ0v) is 10.2. The minimum atomic E-state index is -3.07. The largest absolute Gasteiger partial charge is 0.223 e. The summed E-state index contributed by atoms with van der Waals surface area (Å²) >= 11 is 3.28. The number of benzene rings is 1. The van der Waals surface area contributed by atoms with E-state index < -0.39 is 9.84 Å². The number of halogens is 1. The summed E-state index contributed by atoms with van der Waals surface area (Å²) in [6.07, 6.45) is 1.62. The molecule has 0 atom stereocenters. The number of sulfone groups is 1. The molecule has 0 unspecified atom stereocenters. The van der Waals surface area contributed by atoms with Gasteiger partial charge in [0.1, 0.15) is 0 Å². The summed E-state index contributed by atoms with van der Waals surface area (Å²) in [5.74, 6) is 0. The molecule has 1 aliphatic carbocycles. The summed E-state index contributed by atoms with van der Waals surface area (Å²) in [5.41, 5.74) is 0.979. The van der Waals surface area contributed by atoms with Crippen LogP contribution in [0.1, 0.15) is 18.4 Å². The van der Waals surface area contributed by atoms with Crippen LogP contribution in [0.25, 0.3) is 0 Å². The second-order valence-electron chi connectivity index (χ2n) is 3.68. The normalized spacial score (nSPS) is 17.0. The first kappa shape index (κ1) is 10.2. The van der Waals surface area contributed by atoms with Crippen molar-refractivity contribution in [3.05, 3.63) is 28.2 Å². The molecule has 1 aromatic carbocycles. The Bertz CT molecular complexity index is 461. The van der Waals surface area contributed by atoms with E-state index in [2.05, 4.69) is 15.9 Å². The summed E-state index contributed by atoms with van der Waals surface area (Å²) in [5, 5.41) is -0.138. The molecule has 14 heavy (non-hydrogen) atoms. The predicted molar refractivity (Wildman–Crippen MR) is 59.1 cm³/mol. The van der Waals surface area contributed by atoms with Crippen molar-refractivity contribution < 1.29 is 8.42 Å². The molecule has 76 valence electrons. The Kier molecular flexibility index (Phi) is 2.43. The van der Waals surface area contributed by atoms with Gasteiger partial charge in [-0.1, -0.05) is 6.07 Å². The van der Waals surface area contributed by atoms with E-state index in [1.165, 1.54) is 0 Å². The van der Waals surface area contributed by atoms with E-state index in [1.54, 1.807) is 12.1 Å². The fourth-order valence-electron chi connectivity index (χ4n) is 1.39. The molecule has 1 aliphatic rings. The van der Waals surface area contributed by atoms with E-state index in [4.69, 9.17) is 0 Å². The monoisotopic (exact) mass is 274 g/mol. The summed E-state index contributed by atoms with van der Waals surface area (Å²) in [7, 11) is -3.07. The lowest BCUT2D eigenvalue weighted by atomic mass is 10.2. The maximum Gasteiger partial charge on any atom is 0.182 e. The third kappa shape index (κ3) is 1.73. The van der Waals surface area contributed by atoms with Crippen molar-refractivity contribution in [1.29, 1.82) is 0 Å². The third-order valence-electron chi connectivity index (χ3n) is 2.36. The average molecular weight is 275 g/mol. The highest BCUT2D eigenvalue weighted by Crippen LogP contribution is 2.36. The Labute approximate surface area is 92.4 Å². The maximum absolute atomic E-state index is 11.9. The minimum Gasteiger partial charge on any atom is -0.223 e. The molecule has 2 nitrogen and oxygen atoms in total. The van der Waals surface area contributed by atoms with Crippen LogP contribution >= 0.6 is 15.9 Å². The van der Waals surface area contributed by atoms with E-state index in [0.717, 1.165) is 18.4 Å². The fourth-order valence-corrected chi connectivity index (χ4v) is 4.12. The highest BCUT2D eigenvalue weighted by molar-refractivity contribution is 9.10. The molecule has 0 aromatic heterocycles. The van der Waals surface area contributed by atoms with Gasteiger partial charge in [0.2, 0.25) is 0 Å². The smallest absolute Gasteiger partial charge is 0.182 e. The highest BCUT2D eigenvalue weighted by atomic mass is 79.9. The van der Waals surface area contributed by atoms with Crippen LogP contribution < -0.4 is 0 Å². The summed E-state index contributed by atoms with van der Waals surface area (Å²) in [6.45, 7) is 1.90. The molecule has 1 saturated carbocycles. The van der Waals surface area contributed by atoms with Gasteiger partial charge in [0.25, 0.3) is 0 Å². The molecule has 0 saturated heterocycles. The minimum absolute atomic E-state index is 0.138. The van der Waals surface area contributed by atoms with Gasteiger partial charge < -0.3 is 0 Å². The van der Waals surface area contributed by atoms with E-state index in [1.807, 2.05) is 13.0 Å². The SMILES string of the molecule is Cc1ccc(Br)c(S(=O)(=O)C2CC2)c1. The van der Waals surface area contributed by atoms with Crippen LogP contribution in [0, 0.1) is 6.92 Å². The van der Waals surface area contributed by atoms with Crippen molar-refractivity contribution in [3.63, 3.8) is 0 Å². The number of hydrogen-bond donors (Lipinski definition) is 0. The predicted octanol–water partition coefficient (Wildman–Crippen LogP) is 2.69. The third-order valence-corrected chi connectivity index (χ3v) is 5.61. The first-order valence-electron chi connectivity index (χ1n) is 4.52.